The van der Waals surface area contributed by atoms with Gasteiger partial charge >= 0.3 is 0 Å². The van der Waals surface area contributed by atoms with Crippen LogP contribution < -0.4 is 11.1 Å². The molecule has 0 amide bonds. The maximum Gasteiger partial charge on any atom is 0.0205 e. The molecule has 2 nitrogen and oxygen atoms in total. The summed E-state index contributed by atoms with van der Waals surface area (Å²) in [6.07, 6.45) is 6.69. The molecule has 2 rings (SSSR count). The van der Waals surface area contributed by atoms with Crippen molar-refractivity contribution in [2.75, 3.05) is 13.1 Å². The SMILES string of the molecule is NCCc1ccc(CNCCC2CCC2)cc1. The maximum atomic E-state index is 5.53. The Morgan fingerprint density at radius 2 is 1.82 bits per heavy atom. The molecule has 0 spiro atoms. The first-order valence-electron chi connectivity index (χ1n) is 6.87. The lowest BCUT2D eigenvalue weighted by Gasteiger charge is -2.25. The van der Waals surface area contributed by atoms with Crippen molar-refractivity contribution in [3.63, 3.8) is 0 Å². The van der Waals surface area contributed by atoms with E-state index in [-0.39, 0.29) is 0 Å². The van der Waals surface area contributed by atoms with Gasteiger partial charge in [-0.3, -0.25) is 0 Å². The third-order valence-corrected chi connectivity index (χ3v) is 3.74. The number of hydrogen-bond donors (Lipinski definition) is 2. The first-order valence-corrected chi connectivity index (χ1v) is 6.87. The number of rotatable bonds is 7. The van der Waals surface area contributed by atoms with Crippen LogP contribution in [0.2, 0.25) is 0 Å². The Bertz CT molecular complexity index is 314. The summed E-state index contributed by atoms with van der Waals surface area (Å²) in [5.74, 6) is 1.01. The summed E-state index contributed by atoms with van der Waals surface area (Å²) in [6, 6.07) is 8.80. The number of benzene rings is 1. The van der Waals surface area contributed by atoms with Crippen LogP contribution in [-0.4, -0.2) is 13.1 Å². The van der Waals surface area contributed by atoms with E-state index in [1.165, 1.54) is 36.8 Å². The highest BCUT2D eigenvalue weighted by molar-refractivity contribution is 5.22. The molecule has 1 aromatic rings. The highest BCUT2D eigenvalue weighted by Crippen LogP contribution is 2.28. The minimum atomic E-state index is 0.735. The van der Waals surface area contributed by atoms with Crippen LogP contribution in [-0.2, 0) is 13.0 Å². The second-order valence-corrected chi connectivity index (χ2v) is 5.12. The molecule has 0 unspecified atom stereocenters. The van der Waals surface area contributed by atoms with Gasteiger partial charge in [0.2, 0.25) is 0 Å². The van der Waals surface area contributed by atoms with Gasteiger partial charge in [-0.05, 0) is 43.0 Å². The lowest BCUT2D eigenvalue weighted by Crippen LogP contribution is -2.21. The second kappa shape index (κ2) is 6.77. The number of nitrogens with one attached hydrogen (secondary N) is 1. The minimum absolute atomic E-state index is 0.735. The van der Waals surface area contributed by atoms with Crippen molar-refractivity contribution in [1.82, 2.24) is 5.32 Å². The quantitative estimate of drug-likeness (QED) is 0.709. The summed E-state index contributed by atoms with van der Waals surface area (Å²) in [5.41, 5.74) is 8.24. The van der Waals surface area contributed by atoms with Crippen LogP contribution >= 0.6 is 0 Å². The van der Waals surface area contributed by atoms with Crippen LogP contribution in [0.15, 0.2) is 24.3 Å². The summed E-state index contributed by atoms with van der Waals surface area (Å²) < 4.78 is 0. The molecule has 3 N–H and O–H groups in total. The highest BCUT2D eigenvalue weighted by atomic mass is 14.8. The third kappa shape index (κ3) is 4.14. The van der Waals surface area contributed by atoms with Crippen molar-refractivity contribution in [3.8, 4) is 0 Å². The average molecular weight is 232 g/mol. The van der Waals surface area contributed by atoms with Crippen molar-refractivity contribution >= 4 is 0 Å². The van der Waals surface area contributed by atoms with E-state index in [0.29, 0.717) is 0 Å². The molecule has 0 aliphatic heterocycles. The molecule has 2 heteroatoms. The lowest BCUT2D eigenvalue weighted by molar-refractivity contribution is 0.292. The van der Waals surface area contributed by atoms with E-state index in [1.54, 1.807) is 0 Å². The van der Waals surface area contributed by atoms with Gasteiger partial charge in [0.15, 0.2) is 0 Å². The molecule has 1 aliphatic carbocycles. The van der Waals surface area contributed by atoms with Gasteiger partial charge in [0.1, 0.15) is 0 Å². The fourth-order valence-electron chi connectivity index (χ4n) is 2.31. The summed E-state index contributed by atoms with van der Waals surface area (Å²) >= 11 is 0. The minimum Gasteiger partial charge on any atom is -0.330 e. The molecule has 0 saturated heterocycles. The Hall–Kier alpha value is -0.860. The van der Waals surface area contributed by atoms with Crippen LogP contribution in [0.1, 0.15) is 36.8 Å². The highest BCUT2D eigenvalue weighted by Gasteiger charge is 2.15. The first kappa shape index (κ1) is 12.6. The van der Waals surface area contributed by atoms with E-state index in [2.05, 4.69) is 29.6 Å². The Morgan fingerprint density at radius 3 is 2.41 bits per heavy atom. The van der Waals surface area contributed by atoms with Gasteiger partial charge in [-0.25, -0.2) is 0 Å². The molecule has 0 radical (unpaired) electrons. The predicted molar refractivity (Wildman–Crippen MR) is 72.9 cm³/mol. The maximum absolute atomic E-state index is 5.53. The normalized spacial score (nSPS) is 15.8. The fraction of sp³-hybridized carbons (Fsp3) is 0.600. The molecule has 0 heterocycles. The van der Waals surface area contributed by atoms with E-state index in [0.717, 1.165) is 32.0 Å². The van der Waals surface area contributed by atoms with Crippen LogP contribution in [0, 0.1) is 5.92 Å². The van der Waals surface area contributed by atoms with Crippen molar-refractivity contribution in [3.05, 3.63) is 35.4 Å². The predicted octanol–water partition coefficient (Wildman–Crippen LogP) is 2.47. The zero-order valence-corrected chi connectivity index (χ0v) is 10.6. The van der Waals surface area contributed by atoms with E-state index in [1.807, 2.05) is 0 Å². The summed E-state index contributed by atoms with van der Waals surface area (Å²) in [4.78, 5) is 0. The molecular formula is C15H24N2. The summed E-state index contributed by atoms with van der Waals surface area (Å²) in [6.45, 7) is 2.89. The van der Waals surface area contributed by atoms with E-state index in [9.17, 15) is 0 Å². The second-order valence-electron chi connectivity index (χ2n) is 5.12. The largest absolute Gasteiger partial charge is 0.330 e. The topological polar surface area (TPSA) is 38.0 Å². The molecule has 1 aromatic carbocycles. The molecule has 1 saturated carbocycles. The Balaban J connectivity index is 1.63. The van der Waals surface area contributed by atoms with Crippen molar-refractivity contribution in [2.45, 2.75) is 38.6 Å². The van der Waals surface area contributed by atoms with Gasteiger partial charge in [0.25, 0.3) is 0 Å². The van der Waals surface area contributed by atoms with Crippen molar-refractivity contribution in [2.24, 2.45) is 11.7 Å². The van der Waals surface area contributed by atoms with Gasteiger partial charge in [0.05, 0.1) is 0 Å². The third-order valence-electron chi connectivity index (χ3n) is 3.74. The first-order chi connectivity index (χ1) is 8.38. The summed E-state index contributed by atoms with van der Waals surface area (Å²) in [7, 11) is 0. The van der Waals surface area contributed by atoms with Crippen molar-refractivity contribution in [1.29, 1.82) is 0 Å². The van der Waals surface area contributed by atoms with Crippen LogP contribution in [0.25, 0.3) is 0 Å². The van der Waals surface area contributed by atoms with Crippen molar-refractivity contribution < 1.29 is 0 Å². The lowest BCUT2D eigenvalue weighted by atomic mass is 9.83. The molecule has 94 valence electrons. The smallest absolute Gasteiger partial charge is 0.0205 e. The van der Waals surface area contributed by atoms with Crippen LogP contribution in [0.3, 0.4) is 0 Å². The van der Waals surface area contributed by atoms with Gasteiger partial charge in [0, 0.05) is 6.54 Å². The molecule has 1 aliphatic rings. The molecular weight excluding hydrogens is 208 g/mol. The monoisotopic (exact) mass is 232 g/mol. The zero-order chi connectivity index (χ0) is 11.9. The molecule has 1 fully saturated rings. The van der Waals surface area contributed by atoms with Gasteiger partial charge < -0.3 is 11.1 Å². The van der Waals surface area contributed by atoms with Gasteiger partial charge in [-0.15, -0.1) is 0 Å². The Labute approximate surface area is 105 Å². The number of hydrogen-bond acceptors (Lipinski definition) is 2. The molecule has 0 atom stereocenters. The van der Waals surface area contributed by atoms with E-state index in [4.69, 9.17) is 5.73 Å². The summed E-state index contributed by atoms with van der Waals surface area (Å²) in [5, 5.41) is 3.53. The standard InChI is InChI=1S/C15H24N2/c16-10-8-14-4-6-15(7-5-14)12-17-11-9-13-2-1-3-13/h4-7,13,17H,1-3,8-12,16H2. The van der Waals surface area contributed by atoms with E-state index >= 15 is 0 Å². The fourth-order valence-corrected chi connectivity index (χ4v) is 2.31. The van der Waals surface area contributed by atoms with Gasteiger partial charge in [-0.2, -0.15) is 0 Å². The van der Waals surface area contributed by atoms with Crippen LogP contribution in [0.5, 0.6) is 0 Å². The number of nitrogens with two attached hydrogens (primary N) is 1. The van der Waals surface area contributed by atoms with E-state index < -0.39 is 0 Å². The Kier molecular flexibility index (Phi) is 5.02. The molecule has 17 heavy (non-hydrogen) atoms. The molecule has 0 aromatic heterocycles. The average Bonchev–Trinajstić information content (AvgIpc) is 2.29. The molecule has 0 bridgehead atoms. The zero-order valence-electron chi connectivity index (χ0n) is 10.6. The van der Waals surface area contributed by atoms with Crippen LogP contribution in [0.4, 0.5) is 0 Å². The van der Waals surface area contributed by atoms with Gasteiger partial charge in [-0.1, -0.05) is 43.5 Å². The Morgan fingerprint density at radius 1 is 1.12 bits per heavy atom.